The van der Waals surface area contributed by atoms with E-state index >= 15 is 0 Å². The lowest BCUT2D eigenvalue weighted by atomic mass is 9.94. The summed E-state index contributed by atoms with van der Waals surface area (Å²) in [6.45, 7) is 0.0109. The Morgan fingerprint density at radius 1 is 1.41 bits per heavy atom. The van der Waals surface area contributed by atoms with E-state index in [1.54, 1.807) is 13.0 Å². The van der Waals surface area contributed by atoms with E-state index in [9.17, 15) is 27.5 Å². The Labute approximate surface area is 181 Å². The van der Waals surface area contributed by atoms with Gasteiger partial charge in [-0.05, 0) is 31.5 Å². The zero-order chi connectivity index (χ0) is 23.3. The maximum absolute atomic E-state index is 15.0. The molecule has 32 heavy (non-hydrogen) atoms. The van der Waals surface area contributed by atoms with Crippen molar-refractivity contribution in [1.82, 2.24) is 14.7 Å². The van der Waals surface area contributed by atoms with E-state index in [1.807, 2.05) is 0 Å². The average Bonchev–Trinajstić information content (AvgIpc) is 3.05. The van der Waals surface area contributed by atoms with Crippen molar-refractivity contribution in [3.05, 3.63) is 46.5 Å². The van der Waals surface area contributed by atoms with Gasteiger partial charge >= 0.3 is 6.03 Å². The summed E-state index contributed by atoms with van der Waals surface area (Å²) in [5, 5.41) is 26.1. The van der Waals surface area contributed by atoms with Crippen molar-refractivity contribution < 1.29 is 27.5 Å². The topological polar surface area (TPSA) is 94.2 Å². The average molecular weight is 451 g/mol. The third-order valence-corrected chi connectivity index (χ3v) is 6.03. The summed E-state index contributed by atoms with van der Waals surface area (Å²) in [5.74, 6) is -4.07. The molecule has 2 aromatic rings. The molecule has 11 heteroatoms. The van der Waals surface area contributed by atoms with Crippen LogP contribution in [0, 0.1) is 17.1 Å². The smallest absolute Gasteiger partial charge is 0.322 e. The first-order valence-electron chi connectivity index (χ1n) is 10.1. The SMILES string of the molecule is CC1Cc2nn3c(c2CN1C(=O)Nc1ccc(F)c(C#N)c1)C(F)(F)CCC(O)(CF)C3. The predicted octanol–water partition coefficient (Wildman–Crippen LogP) is 3.46. The Bertz CT molecular complexity index is 1110. The van der Waals surface area contributed by atoms with Crippen LogP contribution in [0.5, 0.6) is 0 Å². The zero-order valence-corrected chi connectivity index (χ0v) is 17.2. The largest absolute Gasteiger partial charge is 0.385 e. The number of carbonyl (C=O) groups is 1. The third kappa shape index (κ3) is 3.79. The van der Waals surface area contributed by atoms with E-state index in [1.165, 1.54) is 17.0 Å². The van der Waals surface area contributed by atoms with Crippen LogP contribution in [-0.4, -0.2) is 44.1 Å². The predicted molar refractivity (Wildman–Crippen MR) is 105 cm³/mol. The third-order valence-electron chi connectivity index (χ3n) is 6.03. The van der Waals surface area contributed by atoms with Crippen LogP contribution in [-0.2, 0) is 25.4 Å². The van der Waals surface area contributed by atoms with Crippen molar-refractivity contribution in [3.63, 3.8) is 0 Å². The van der Waals surface area contributed by atoms with Gasteiger partial charge in [0, 0.05) is 30.1 Å². The lowest BCUT2D eigenvalue weighted by molar-refractivity contribution is -0.0474. The van der Waals surface area contributed by atoms with Crippen LogP contribution < -0.4 is 5.32 Å². The molecule has 0 spiro atoms. The van der Waals surface area contributed by atoms with Gasteiger partial charge in [0.15, 0.2) is 0 Å². The van der Waals surface area contributed by atoms with E-state index in [4.69, 9.17) is 5.26 Å². The van der Waals surface area contributed by atoms with Gasteiger partial charge in [-0.2, -0.15) is 19.1 Å². The van der Waals surface area contributed by atoms with Crippen LogP contribution in [0.15, 0.2) is 18.2 Å². The number of hydrogen-bond donors (Lipinski definition) is 2. The number of halogens is 4. The van der Waals surface area contributed by atoms with Gasteiger partial charge in [0.25, 0.3) is 5.92 Å². The number of aromatic nitrogens is 2. The van der Waals surface area contributed by atoms with Gasteiger partial charge in [0.05, 0.1) is 24.3 Å². The molecule has 2 amide bonds. The molecule has 2 aliphatic rings. The lowest BCUT2D eigenvalue weighted by Crippen LogP contribution is -2.45. The number of nitrogens with zero attached hydrogens (tertiary/aromatic N) is 4. The summed E-state index contributed by atoms with van der Waals surface area (Å²) >= 11 is 0. The number of nitrogens with one attached hydrogen (secondary N) is 1. The number of benzene rings is 1. The molecule has 7 nitrogen and oxygen atoms in total. The van der Waals surface area contributed by atoms with Crippen molar-refractivity contribution in [1.29, 1.82) is 5.26 Å². The molecule has 0 saturated heterocycles. The molecule has 0 radical (unpaired) electrons. The number of alkyl halides is 3. The van der Waals surface area contributed by atoms with Crippen LogP contribution in [0.2, 0.25) is 0 Å². The molecule has 0 saturated carbocycles. The van der Waals surface area contributed by atoms with Crippen molar-refractivity contribution in [3.8, 4) is 6.07 Å². The molecule has 0 bridgehead atoms. The van der Waals surface area contributed by atoms with Crippen molar-refractivity contribution in [2.24, 2.45) is 0 Å². The molecule has 2 N–H and O–H groups in total. The second-order valence-electron chi connectivity index (χ2n) is 8.41. The molecular weight excluding hydrogens is 430 g/mol. The van der Waals surface area contributed by atoms with Gasteiger partial charge in [0.2, 0.25) is 0 Å². The van der Waals surface area contributed by atoms with Gasteiger partial charge < -0.3 is 15.3 Å². The Morgan fingerprint density at radius 3 is 2.84 bits per heavy atom. The maximum atomic E-state index is 15.0. The van der Waals surface area contributed by atoms with Crippen LogP contribution >= 0.6 is 0 Å². The fraction of sp³-hybridized carbons (Fsp3) is 0.476. The fourth-order valence-electron chi connectivity index (χ4n) is 4.25. The fourth-order valence-corrected chi connectivity index (χ4v) is 4.25. The molecule has 1 aromatic heterocycles. The lowest BCUT2D eigenvalue weighted by Gasteiger charge is -2.33. The molecule has 0 fully saturated rings. The van der Waals surface area contributed by atoms with Gasteiger partial charge in [-0.3, -0.25) is 4.68 Å². The Hall–Kier alpha value is -3.13. The molecule has 2 unspecified atom stereocenters. The monoisotopic (exact) mass is 451 g/mol. The number of aliphatic hydroxyl groups is 1. The highest BCUT2D eigenvalue weighted by Crippen LogP contribution is 2.43. The second kappa shape index (κ2) is 7.78. The number of nitriles is 1. The molecule has 2 atom stereocenters. The first-order chi connectivity index (χ1) is 15.1. The van der Waals surface area contributed by atoms with Crippen LogP contribution in [0.1, 0.15) is 42.3 Å². The highest BCUT2D eigenvalue weighted by Gasteiger charge is 2.48. The van der Waals surface area contributed by atoms with Crippen molar-refractivity contribution in [2.75, 3.05) is 12.0 Å². The maximum Gasteiger partial charge on any atom is 0.322 e. The van der Waals surface area contributed by atoms with Gasteiger partial charge in [-0.1, -0.05) is 0 Å². The Balaban J connectivity index is 1.64. The summed E-state index contributed by atoms with van der Waals surface area (Å²) in [5.41, 5.74) is -1.81. The van der Waals surface area contributed by atoms with E-state index in [2.05, 4.69) is 10.4 Å². The molecule has 3 heterocycles. The molecule has 1 aromatic carbocycles. The summed E-state index contributed by atoms with van der Waals surface area (Å²) in [6, 6.07) is 4.22. The molecule has 2 aliphatic heterocycles. The Morgan fingerprint density at radius 2 is 2.16 bits per heavy atom. The standard InChI is InChI=1S/C21H21F4N5O2/c1-12-6-17-15(18-21(24,25)5-4-20(32,10-22)11-30(18)28-17)9-29(12)19(31)27-14-2-3-16(23)13(7-14)8-26/h2-3,7,12,32H,4-6,9-11H2,1H3,(H,27,31). The zero-order valence-electron chi connectivity index (χ0n) is 17.2. The number of amides is 2. The Kier molecular flexibility index (Phi) is 5.36. The highest BCUT2D eigenvalue weighted by atomic mass is 19.3. The van der Waals surface area contributed by atoms with Crippen LogP contribution in [0.3, 0.4) is 0 Å². The number of fused-ring (bicyclic) bond motifs is 3. The van der Waals surface area contributed by atoms with Gasteiger partial charge in [0.1, 0.15) is 29.9 Å². The van der Waals surface area contributed by atoms with Crippen LogP contribution in [0.4, 0.5) is 28.0 Å². The van der Waals surface area contributed by atoms with Crippen molar-refractivity contribution in [2.45, 2.75) is 56.8 Å². The van der Waals surface area contributed by atoms with E-state index < -0.39 is 61.2 Å². The minimum Gasteiger partial charge on any atom is -0.385 e. The van der Waals surface area contributed by atoms with Crippen LogP contribution in [0.25, 0.3) is 0 Å². The molecule has 170 valence electrons. The highest BCUT2D eigenvalue weighted by molar-refractivity contribution is 5.90. The summed E-state index contributed by atoms with van der Waals surface area (Å²) in [6.07, 6.45) is -0.958. The number of carbonyl (C=O) groups excluding carboxylic acids is 1. The number of hydrogen-bond acceptors (Lipinski definition) is 4. The van der Waals surface area contributed by atoms with E-state index in [0.717, 1.165) is 10.7 Å². The second-order valence-corrected chi connectivity index (χ2v) is 8.41. The summed E-state index contributed by atoms with van der Waals surface area (Å²) < 4.78 is 57.8. The number of anilines is 1. The minimum absolute atomic E-state index is 0.159. The summed E-state index contributed by atoms with van der Waals surface area (Å²) in [7, 11) is 0. The molecule has 4 rings (SSSR count). The quantitative estimate of drug-likeness (QED) is 0.684. The van der Waals surface area contributed by atoms with E-state index in [-0.39, 0.29) is 29.8 Å². The molecule has 0 aliphatic carbocycles. The first-order valence-corrected chi connectivity index (χ1v) is 10.1. The van der Waals surface area contributed by atoms with Gasteiger partial charge in [-0.25, -0.2) is 13.6 Å². The normalized spacial score (nSPS) is 24.2. The summed E-state index contributed by atoms with van der Waals surface area (Å²) in [4.78, 5) is 14.2. The minimum atomic E-state index is -3.35. The molecular formula is C21H21F4N5O2. The van der Waals surface area contributed by atoms with Gasteiger partial charge in [-0.15, -0.1) is 0 Å². The van der Waals surface area contributed by atoms with E-state index in [0.29, 0.717) is 5.69 Å². The van der Waals surface area contributed by atoms with Crippen molar-refractivity contribution >= 4 is 11.7 Å². The number of urea groups is 1. The first kappa shape index (κ1) is 22.1. The number of rotatable bonds is 2.